The maximum atomic E-state index is 12.8. The van der Waals surface area contributed by atoms with Crippen molar-refractivity contribution in [1.82, 2.24) is 0 Å². The number of hydrogen-bond donors (Lipinski definition) is 0. The molecule has 0 aromatic heterocycles. The minimum absolute atomic E-state index is 0.0846. The van der Waals surface area contributed by atoms with E-state index in [1.54, 1.807) is 0 Å². The molecule has 0 rings (SSSR count). The molecular formula is C61H104O6. The molecular weight excluding hydrogens is 829 g/mol. The number of hydrogen-bond acceptors (Lipinski definition) is 6. The summed E-state index contributed by atoms with van der Waals surface area (Å²) in [5, 5.41) is 0. The quantitative estimate of drug-likeness (QED) is 0.0262. The molecule has 0 spiro atoms. The Morgan fingerprint density at radius 2 is 0.582 bits per heavy atom. The molecule has 0 bridgehead atoms. The van der Waals surface area contributed by atoms with Gasteiger partial charge in [-0.1, -0.05) is 234 Å². The zero-order valence-corrected chi connectivity index (χ0v) is 43.9. The number of esters is 3. The highest BCUT2D eigenvalue weighted by Crippen LogP contribution is 2.15. The highest BCUT2D eigenvalue weighted by atomic mass is 16.6. The normalized spacial score (nSPS) is 12.7. The molecule has 0 aliphatic carbocycles. The van der Waals surface area contributed by atoms with Gasteiger partial charge in [-0.05, 0) is 96.3 Å². The molecule has 0 aliphatic rings. The Balaban J connectivity index is 4.39. The topological polar surface area (TPSA) is 78.9 Å². The molecule has 0 aliphatic heterocycles. The third-order valence-corrected chi connectivity index (χ3v) is 11.9. The van der Waals surface area contributed by atoms with Gasteiger partial charge >= 0.3 is 17.9 Å². The Morgan fingerprint density at radius 1 is 0.313 bits per heavy atom. The van der Waals surface area contributed by atoms with Gasteiger partial charge in [0.25, 0.3) is 0 Å². The van der Waals surface area contributed by atoms with E-state index in [2.05, 4.69) is 106 Å². The molecule has 0 aromatic carbocycles. The molecule has 0 aromatic rings. The fraction of sp³-hybridized carbons (Fsp3) is 0.721. The summed E-state index contributed by atoms with van der Waals surface area (Å²) in [7, 11) is 0. The smallest absolute Gasteiger partial charge is 0.306 e. The van der Waals surface area contributed by atoms with Crippen molar-refractivity contribution in [3.63, 3.8) is 0 Å². The van der Waals surface area contributed by atoms with E-state index < -0.39 is 6.10 Å². The molecule has 0 radical (unpaired) electrons. The van der Waals surface area contributed by atoms with Gasteiger partial charge in [0, 0.05) is 19.3 Å². The molecule has 0 heterocycles. The van der Waals surface area contributed by atoms with Crippen LogP contribution in [0.15, 0.2) is 85.1 Å². The summed E-state index contributed by atoms with van der Waals surface area (Å²) < 4.78 is 16.8. The lowest BCUT2D eigenvalue weighted by Gasteiger charge is -2.18. The number of carbonyl (C=O) groups excluding carboxylic acids is 3. The van der Waals surface area contributed by atoms with Gasteiger partial charge in [0.2, 0.25) is 0 Å². The zero-order chi connectivity index (χ0) is 48.6. The predicted octanol–water partition coefficient (Wildman–Crippen LogP) is 18.8. The van der Waals surface area contributed by atoms with Crippen molar-refractivity contribution in [3.8, 4) is 0 Å². The Bertz CT molecular complexity index is 1300. The van der Waals surface area contributed by atoms with Crippen LogP contribution in [0.2, 0.25) is 0 Å². The van der Waals surface area contributed by atoms with E-state index in [1.165, 1.54) is 103 Å². The summed E-state index contributed by atoms with van der Waals surface area (Å²) in [4.78, 5) is 38.1. The number of allylic oxidation sites excluding steroid dienone is 14. The molecule has 1 unspecified atom stereocenters. The van der Waals surface area contributed by atoms with Gasteiger partial charge in [0.15, 0.2) is 6.10 Å². The van der Waals surface area contributed by atoms with E-state index >= 15 is 0 Å². The van der Waals surface area contributed by atoms with Gasteiger partial charge in [0.1, 0.15) is 13.2 Å². The van der Waals surface area contributed by atoms with Gasteiger partial charge in [-0.15, -0.1) is 0 Å². The van der Waals surface area contributed by atoms with Crippen molar-refractivity contribution >= 4 is 17.9 Å². The van der Waals surface area contributed by atoms with E-state index in [4.69, 9.17) is 14.2 Å². The second-order valence-electron chi connectivity index (χ2n) is 18.5. The maximum Gasteiger partial charge on any atom is 0.306 e. The first-order chi connectivity index (χ1) is 33.0. The number of ether oxygens (including phenoxy) is 3. The SMILES string of the molecule is CC/C=C\C/C=C\C/C=C\C/C=C\C/C=C\CCCCCCCC(=O)OCC(COC(=O)CCCCCCCCCCCCC)OC(=O)CCCCCCCCC/C=C\C/C=C\CCCCC. The summed E-state index contributed by atoms with van der Waals surface area (Å²) >= 11 is 0. The highest BCUT2D eigenvalue weighted by Gasteiger charge is 2.19. The van der Waals surface area contributed by atoms with Crippen LogP contribution in [-0.4, -0.2) is 37.2 Å². The van der Waals surface area contributed by atoms with Crippen molar-refractivity contribution in [2.45, 2.75) is 271 Å². The zero-order valence-electron chi connectivity index (χ0n) is 43.9. The van der Waals surface area contributed by atoms with E-state index in [0.29, 0.717) is 19.3 Å². The van der Waals surface area contributed by atoms with Crippen molar-refractivity contribution in [2.24, 2.45) is 0 Å². The number of unbranched alkanes of at least 4 members (excludes halogenated alkanes) is 25. The van der Waals surface area contributed by atoms with Crippen LogP contribution in [0.1, 0.15) is 265 Å². The van der Waals surface area contributed by atoms with E-state index in [-0.39, 0.29) is 31.1 Å². The second kappa shape index (κ2) is 55.2. The predicted molar refractivity (Wildman–Crippen MR) is 288 cm³/mol. The third-order valence-electron chi connectivity index (χ3n) is 11.9. The monoisotopic (exact) mass is 933 g/mol. The first-order valence-corrected chi connectivity index (χ1v) is 28.1. The summed E-state index contributed by atoms with van der Waals surface area (Å²) in [5.41, 5.74) is 0. The van der Waals surface area contributed by atoms with Crippen LogP contribution in [0.4, 0.5) is 0 Å². The summed E-state index contributed by atoms with van der Waals surface area (Å²) in [6.45, 7) is 6.48. The van der Waals surface area contributed by atoms with Crippen molar-refractivity contribution < 1.29 is 28.6 Å². The first kappa shape index (κ1) is 63.6. The van der Waals surface area contributed by atoms with Gasteiger partial charge in [-0.3, -0.25) is 14.4 Å². The fourth-order valence-electron chi connectivity index (χ4n) is 7.68. The first-order valence-electron chi connectivity index (χ1n) is 28.1. The maximum absolute atomic E-state index is 12.8. The largest absolute Gasteiger partial charge is 0.462 e. The fourth-order valence-corrected chi connectivity index (χ4v) is 7.68. The average Bonchev–Trinajstić information content (AvgIpc) is 3.33. The lowest BCUT2D eigenvalue weighted by Crippen LogP contribution is -2.30. The lowest BCUT2D eigenvalue weighted by molar-refractivity contribution is -0.167. The molecule has 0 saturated carbocycles. The molecule has 67 heavy (non-hydrogen) atoms. The van der Waals surface area contributed by atoms with Crippen LogP contribution in [0, 0.1) is 0 Å². The van der Waals surface area contributed by atoms with Gasteiger partial charge in [-0.25, -0.2) is 0 Å². The Labute approximate surface area is 414 Å². The Kier molecular flexibility index (Phi) is 52.4. The molecule has 384 valence electrons. The minimum Gasteiger partial charge on any atom is -0.462 e. The van der Waals surface area contributed by atoms with Gasteiger partial charge in [-0.2, -0.15) is 0 Å². The molecule has 0 fully saturated rings. The molecule has 1 atom stereocenters. The lowest BCUT2D eigenvalue weighted by atomic mass is 10.1. The van der Waals surface area contributed by atoms with Crippen LogP contribution in [0.5, 0.6) is 0 Å². The average molecular weight is 933 g/mol. The van der Waals surface area contributed by atoms with Crippen LogP contribution in [0.3, 0.4) is 0 Å². The van der Waals surface area contributed by atoms with Crippen LogP contribution in [-0.2, 0) is 28.6 Å². The molecule has 6 heteroatoms. The van der Waals surface area contributed by atoms with Gasteiger partial charge < -0.3 is 14.2 Å². The van der Waals surface area contributed by atoms with Crippen molar-refractivity contribution in [1.29, 1.82) is 0 Å². The van der Waals surface area contributed by atoms with Gasteiger partial charge in [0.05, 0.1) is 0 Å². The van der Waals surface area contributed by atoms with E-state index in [0.717, 1.165) is 122 Å². The molecule has 0 N–H and O–H groups in total. The number of rotatable bonds is 50. The summed E-state index contributed by atoms with van der Waals surface area (Å²) in [6, 6.07) is 0. The second-order valence-corrected chi connectivity index (χ2v) is 18.5. The van der Waals surface area contributed by atoms with Crippen LogP contribution >= 0.6 is 0 Å². The molecule has 0 amide bonds. The van der Waals surface area contributed by atoms with Crippen molar-refractivity contribution in [3.05, 3.63) is 85.1 Å². The number of carbonyl (C=O) groups is 3. The summed E-state index contributed by atoms with van der Waals surface area (Å²) in [5.74, 6) is -0.908. The Hall–Kier alpha value is -3.41. The summed E-state index contributed by atoms with van der Waals surface area (Å²) in [6.07, 6.45) is 71.4. The minimum atomic E-state index is -0.787. The van der Waals surface area contributed by atoms with Crippen molar-refractivity contribution in [2.75, 3.05) is 13.2 Å². The van der Waals surface area contributed by atoms with Crippen LogP contribution in [0.25, 0.3) is 0 Å². The third kappa shape index (κ3) is 53.4. The van der Waals surface area contributed by atoms with E-state index in [1.807, 2.05) is 0 Å². The molecule has 6 nitrogen and oxygen atoms in total. The van der Waals surface area contributed by atoms with E-state index in [9.17, 15) is 14.4 Å². The van der Waals surface area contributed by atoms with Crippen LogP contribution < -0.4 is 0 Å². The molecule has 0 saturated heterocycles. The highest BCUT2D eigenvalue weighted by molar-refractivity contribution is 5.71. The standard InChI is InChI=1S/C61H104O6/c1-4-7-10-13-16-19-22-24-26-28-29-30-31-33-34-36-39-42-45-48-51-54-60(63)66-57-58(56-65-59(62)53-50-47-44-41-38-21-18-15-12-9-6-3)67-61(64)55-52-49-46-43-40-37-35-32-27-25-23-20-17-14-11-8-5-2/h7,10,16-17,19-20,24-27,29-30,33-34,58H,4-6,8-9,11-15,18,21-23,28,31-32,35-57H2,1-3H3/b10-7-,19-16-,20-17-,26-24-,27-25-,30-29-,34-33-. The Morgan fingerprint density at radius 3 is 0.940 bits per heavy atom.